The summed E-state index contributed by atoms with van der Waals surface area (Å²) in [4.78, 5) is 10.9. The van der Waals surface area contributed by atoms with Crippen molar-refractivity contribution in [2.75, 3.05) is 13.7 Å². The summed E-state index contributed by atoms with van der Waals surface area (Å²) >= 11 is 6.63. The van der Waals surface area contributed by atoms with Gasteiger partial charge < -0.3 is 9.47 Å². The molecule has 0 aliphatic heterocycles. The second kappa shape index (κ2) is 5.51. The van der Waals surface area contributed by atoms with E-state index in [-0.39, 0.29) is 0 Å². The van der Waals surface area contributed by atoms with Gasteiger partial charge in [-0.2, -0.15) is 0 Å². The molecule has 5 heteroatoms. The lowest BCUT2D eigenvalue weighted by Crippen LogP contribution is -1.99. The third-order valence-electron chi connectivity index (χ3n) is 1.79. The second-order valence-electron chi connectivity index (χ2n) is 2.67. The minimum Gasteiger partial charge on any atom is -0.492 e. The first-order chi connectivity index (χ1) is 7.15. The fourth-order valence-electron chi connectivity index (χ4n) is 1.18. The van der Waals surface area contributed by atoms with Gasteiger partial charge in [0.1, 0.15) is 0 Å². The van der Waals surface area contributed by atoms with Gasteiger partial charge in [0.2, 0.25) is 0 Å². The number of carbonyl (C=O) groups is 1. The summed E-state index contributed by atoms with van der Waals surface area (Å²) in [6, 6.07) is 1.76. The molecule has 1 rings (SSSR count). The summed E-state index contributed by atoms with van der Waals surface area (Å²) in [5.41, 5.74) is 0.440. The van der Waals surface area contributed by atoms with Crippen LogP contribution in [0.3, 0.4) is 0 Å². The average molecular weight is 338 g/mol. The third kappa shape index (κ3) is 2.52. The molecule has 0 aromatic heterocycles. The van der Waals surface area contributed by atoms with Gasteiger partial charge in [0.15, 0.2) is 17.8 Å². The monoisotopic (exact) mass is 336 g/mol. The van der Waals surface area contributed by atoms with Gasteiger partial charge in [-0.25, -0.2) is 0 Å². The molecular formula is C10H10Br2O3. The van der Waals surface area contributed by atoms with Gasteiger partial charge >= 0.3 is 0 Å². The zero-order valence-electron chi connectivity index (χ0n) is 8.34. The standard InChI is InChI=1S/C10H10Br2O3/c1-3-15-8-4-7(11)9(12)6(5-13)10(8)14-2/h4-5H,3H2,1-2H3. The number of hydrogen-bond acceptors (Lipinski definition) is 3. The Morgan fingerprint density at radius 2 is 2.13 bits per heavy atom. The molecule has 0 spiro atoms. The van der Waals surface area contributed by atoms with Crippen LogP contribution in [-0.4, -0.2) is 20.0 Å². The topological polar surface area (TPSA) is 35.5 Å². The lowest BCUT2D eigenvalue weighted by molar-refractivity contribution is 0.111. The molecule has 0 amide bonds. The molecule has 1 aromatic rings. The molecule has 0 atom stereocenters. The molecule has 0 heterocycles. The van der Waals surface area contributed by atoms with Gasteiger partial charge in [0.25, 0.3) is 0 Å². The number of carbonyl (C=O) groups excluding carboxylic acids is 1. The van der Waals surface area contributed by atoms with Crippen molar-refractivity contribution in [3.63, 3.8) is 0 Å². The number of halogens is 2. The summed E-state index contributed by atoms with van der Waals surface area (Å²) in [6.45, 7) is 2.39. The van der Waals surface area contributed by atoms with Gasteiger partial charge in [-0.15, -0.1) is 0 Å². The van der Waals surface area contributed by atoms with Crippen LogP contribution in [0.1, 0.15) is 17.3 Å². The third-order valence-corrected chi connectivity index (χ3v) is 3.81. The van der Waals surface area contributed by atoms with E-state index in [1.54, 1.807) is 6.07 Å². The number of methoxy groups -OCH3 is 1. The van der Waals surface area contributed by atoms with E-state index in [0.717, 1.165) is 10.8 Å². The average Bonchev–Trinajstić information content (AvgIpc) is 2.23. The number of aldehydes is 1. The van der Waals surface area contributed by atoms with Crippen molar-refractivity contribution >= 4 is 38.1 Å². The molecule has 0 N–H and O–H groups in total. The molecule has 3 nitrogen and oxygen atoms in total. The van der Waals surface area contributed by atoms with Crippen LogP contribution in [0.5, 0.6) is 11.5 Å². The van der Waals surface area contributed by atoms with Gasteiger partial charge in [0, 0.05) is 8.95 Å². The first-order valence-corrected chi connectivity index (χ1v) is 5.88. The Kier molecular flexibility index (Phi) is 4.60. The molecule has 82 valence electrons. The predicted octanol–water partition coefficient (Wildman–Crippen LogP) is 3.43. The lowest BCUT2D eigenvalue weighted by Gasteiger charge is -2.13. The Hall–Kier alpha value is -0.550. The highest BCUT2D eigenvalue weighted by atomic mass is 79.9. The Bertz CT molecular complexity index is 377. The SMILES string of the molecule is CCOc1cc(Br)c(Br)c(C=O)c1OC. The van der Waals surface area contributed by atoms with E-state index in [2.05, 4.69) is 31.9 Å². The van der Waals surface area contributed by atoms with Crippen LogP contribution >= 0.6 is 31.9 Å². The first kappa shape index (κ1) is 12.5. The van der Waals surface area contributed by atoms with Crippen LogP contribution in [0.15, 0.2) is 15.0 Å². The first-order valence-electron chi connectivity index (χ1n) is 4.29. The van der Waals surface area contributed by atoms with Crippen molar-refractivity contribution in [1.82, 2.24) is 0 Å². The maximum atomic E-state index is 10.9. The fraction of sp³-hybridized carbons (Fsp3) is 0.300. The van der Waals surface area contributed by atoms with Crippen LogP contribution in [-0.2, 0) is 0 Å². The van der Waals surface area contributed by atoms with E-state index in [0.29, 0.717) is 28.1 Å². The highest BCUT2D eigenvalue weighted by Crippen LogP contribution is 2.40. The summed E-state index contributed by atoms with van der Waals surface area (Å²) in [7, 11) is 1.51. The van der Waals surface area contributed by atoms with Crippen molar-refractivity contribution in [1.29, 1.82) is 0 Å². The molecular weight excluding hydrogens is 328 g/mol. The van der Waals surface area contributed by atoms with Crippen LogP contribution in [0.4, 0.5) is 0 Å². The number of benzene rings is 1. The van der Waals surface area contributed by atoms with Crippen molar-refractivity contribution in [2.45, 2.75) is 6.92 Å². The maximum absolute atomic E-state index is 10.9. The van der Waals surface area contributed by atoms with Gasteiger partial charge in [0.05, 0.1) is 19.3 Å². The van der Waals surface area contributed by atoms with Gasteiger partial charge in [-0.3, -0.25) is 4.79 Å². The molecule has 0 aliphatic carbocycles. The lowest BCUT2D eigenvalue weighted by atomic mass is 10.2. The van der Waals surface area contributed by atoms with E-state index in [1.807, 2.05) is 6.92 Å². The summed E-state index contributed by atoms with van der Waals surface area (Å²) in [5.74, 6) is 0.999. The van der Waals surface area contributed by atoms with Crippen LogP contribution in [0.2, 0.25) is 0 Å². The van der Waals surface area contributed by atoms with Crippen molar-refractivity contribution in [2.24, 2.45) is 0 Å². The Morgan fingerprint density at radius 1 is 1.47 bits per heavy atom. The highest BCUT2D eigenvalue weighted by molar-refractivity contribution is 9.13. The number of hydrogen-bond donors (Lipinski definition) is 0. The van der Waals surface area contributed by atoms with Crippen LogP contribution in [0, 0.1) is 0 Å². The zero-order valence-corrected chi connectivity index (χ0v) is 11.5. The smallest absolute Gasteiger partial charge is 0.172 e. The second-order valence-corrected chi connectivity index (χ2v) is 4.32. The minimum atomic E-state index is 0.440. The van der Waals surface area contributed by atoms with E-state index in [9.17, 15) is 4.79 Å². The Labute approximate surface area is 105 Å². The van der Waals surface area contributed by atoms with E-state index >= 15 is 0 Å². The molecule has 0 saturated heterocycles. The molecule has 1 aromatic carbocycles. The summed E-state index contributed by atoms with van der Waals surface area (Å²) < 4.78 is 11.9. The predicted molar refractivity (Wildman–Crippen MR) is 65.0 cm³/mol. The fourth-order valence-corrected chi connectivity index (χ4v) is 1.99. The van der Waals surface area contributed by atoms with Crippen molar-refractivity contribution in [3.8, 4) is 11.5 Å². The molecule has 0 bridgehead atoms. The summed E-state index contributed by atoms with van der Waals surface area (Å²) in [6.07, 6.45) is 0.732. The zero-order chi connectivity index (χ0) is 11.4. The largest absolute Gasteiger partial charge is 0.492 e. The Morgan fingerprint density at radius 3 is 2.60 bits per heavy atom. The normalized spacial score (nSPS) is 9.87. The summed E-state index contributed by atoms with van der Waals surface area (Å²) in [5, 5.41) is 0. The molecule has 15 heavy (non-hydrogen) atoms. The van der Waals surface area contributed by atoms with Crippen molar-refractivity contribution < 1.29 is 14.3 Å². The molecule has 0 unspecified atom stereocenters. The minimum absolute atomic E-state index is 0.440. The van der Waals surface area contributed by atoms with Crippen LogP contribution < -0.4 is 9.47 Å². The van der Waals surface area contributed by atoms with E-state index < -0.39 is 0 Å². The maximum Gasteiger partial charge on any atom is 0.172 e. The van der Waals surface area contributed by atoms with Gasteiger partial charge in [-0.1, -0.05) is 0 Å². The molecule has 0 fully saturated rings. The van der Waals surface area contributed by atoms with E-state index in [4.69, 9.17) is 9.47 Å². The van der Waals surface area contributed by atoms with Crippen molar-refractivity contribution in [3.05, 3.63) is 20.6 Å². The number of rotatable bonds is 4. The molecule has 0 radical (unpaired) electrons. The van der Waals surface area contributed by atoms with Crippen LogP contribution in [0.25, 0.3) is 0 Å². The number of ether oxygens (including phenoxy) is 2. The van der Waals surface area contributed by atoms with E-state index in [1.165, 1.54) is 7.11 Å². The highest BCUT2D eigenvalue weighted by Gasteiger charge is 2.16. The quantitative estimate of drug-likeness (QED) is 0.789. The van der Waals surface area contributed by atoms with Gasteiger partial charge in [-0.05, 0) is 44.8 Å². The Balaban J connectivity index is 3.40. The molecule has 0 saturated carbocycles. The molecule has 0 aliphatic rings.